The lowest BCUT2D eigenvalue weighted by Crippen LogP contribution is -1.90. The minimum absolute atomic E-state index is 1.13. The Kier molecular flexibility index (Phi) is 2.64. The van der Waals surface area contributed by atoms with E-state index in [1.807, 2.05) is 13.8 Å². The van der Waals surface area contributed by atoms with Crippen LogP contribution in [0.2, 0.25) is 0 Å². The first kappa shape index (κ1) is 8.25. The quantitative estimate of drug-likeness (QED) is 0.630. The van der Waals surface area contributed by atoms with Crippen LogP contribution in [0.25, 0.3) is 0 Å². The van der Waals surface area contributed by atoms with Gasteiger partial charge >= 0.3 is 0 Å². The van der Waals surface area contributed by atoms with E-state index in [1.54, 1.807) is 0 Å². The van der Waals surface area contributed by atoms with Crippen LogP contribution in [0.4, 0.5) is 0 Å². The summed E-state index contributed by atoms with van der Waals surface area (Å²) in [5, 5.41) is 0. The number of nitrogens with zero attached hydrogens (tertiary/aromatic N) is 1. The minimum atomic E-state index is 1.13. The second-order valence-corrected chi connectivity index (χ2v) is 3.01. The number of aromatic nitrogens is 1. The fourth-order valence-electron chi connectivity index (χ4n) is 1.35. The van der Waals surface area contributed by atoms with Crippen LogP contribution in [-0.4, -0.2) is 4.98 Å². The van der Waals surface area contributed by atoms with Gasteiger partial charge in [-0.25, -0.2) is 0 Å². The van der Waals surface area contributed by atoms with Gasteiger partial charge in [-0.1, -0.05) is 13.3 Å². The minimum Gasteiger partial charge on any atom is -0.258 e. The van der Waals surface area contributed by atoms with Gasteiger partial charge in [-0.15, -0.1) is 0 Å². The molecule has 1 aromatic heterocycles. The Morgan fingerprint density at radius 3 is 2.18 bits per heavy atom. The molecular weight excluding hydrogens is 134 g/mol. The molecule has 1 aromatic rings. The van der Waals surface area contributed by atoms with Crippen molar-refractivity contribution >= 4 is 0 Å². The Morgan fingerprint density at radius 1 is 1.18 bits per heavy atom. The van der Waals surface area contributed by atoms with Gasteiger partial charge in [0.2, 0.25) is 0 Å². The smallest absolute Gasteiger partial charge is 0.0378 e. The maximum Gasteiger partial charge on any atom is 0.0378 e. The molecule has 1 heterocycles. The van der Waals surface area contributed by atoms with Gasteiger partial charge in [-0.05, 0) is 38.0 Å². The maximum atomic E-state index is 4.32. The SMILES string of the molecule is CCCc1cc(C)nc(C)c1. The van der Waals surface area contributed by atoms with Crippen LogP contribution in [0.15, 0.2) is 12.1 Å². The van der Waals surface area contributed by atoms with Gasteiger partial charge < -0.3 is 0 Å². The van der Waals surface area contributed by atoms with Crippen molar-refractivity contribution in [3.63, 3.8) is 0 Å². The average Bonchev–Trinajstić information content (AvgIpc) is 1.85. The Labute approximate surface area is 68.5 Å². The van der Waals surface area contributed by atoms with Crippen LogP contribution >= 0.6 is 0 Å². The molecule has 0 unspecified atom stereocenters. The van der Waals surface area contributed by atoms with Crippen LogP contribution in [0.3, 0.4) is 0 Å². The van der Waals surface area contributed by atoms with E-state index in [0.29, 0.717) is 0 Å². The van der Waals surface area contributed by atoms with E-state index in [0.717, 1.165) is 11.4 Å². The average molecular weight is 149 g/mol. The molecule has 1 heteroatoms. The first-order valence-corrected chi connectivity index (χ1v) is 4.16. The number of hydrogen-bond donors (Lipinski definition) is 0. The zero-order valence-electron chi connectivity index (χ0n) is 7.52. The van der Waals surface area contributed by atoms with Crippen molar-refractivity contribution in [2.75, 3.05) is 0 Å². The van der Waals surface area contributed by atoms with Crippen molar-refractivity contribution < 1.29 is 0 Å². The summed E-state index contributed by atoms with van der Waals surface area (Å²) in [6, 6.07) is 4.33. The molecule has 0 atom stereocenters. The summed E-state index contributed by atoms with van der Waals surface area (Å²) in [6.07, 6.45) is 2.38. The normalized spacial score (nSPS) is 10.1. The molecule has 0 aromatic carbocycles. The third-order valence-electron chi connectivity index (χ3n) is 1.68. The molecule has 0 spiro atoms. The number of hydrogen-bond acceptors (Lipinski definition) is 1. The van der Waals surface area contributed by atoms with Crippen molar-refractivity contribution in [2.45, 2.75) is 33.6 Å². The molecule has 0 amide bonds. The maximum absolute atomic E-state index is 4.32. The van der Waals surface area contributed by atoms with Crippen molar-refractivity contribution in [1.82, 2.24) is 4.98 Å². The highest BCUT2D eigenvalue weighted by Crippen LogP contribution is 2.06. The molecule has 0 N–H and O–H groups in total. The van der Waals surface area contributed by atoms with Gasteiger partial charge in [0.05, 0.1) is 0 Å². The molecule has 0 radical (unpaired) electrons. The second kappa shape index (κ2) is 3.51. The summed E-state index contributed by atoms with van der Waals surface area (Å²) in [4.78, 5) is 4.32. The lowest BCUT2D eigenvalue weighted by Gasteiger charge is -2.01. The highest BCUT2D eigenvalue weighted by Gasteiger charge is 1.94. The molecule has 1 rings (SSSR count). The third kappa shape index (κ3) is 2.34. The van der Waals surface area contributed by atoms with E-state index in [2.05, 4.69) is 24.0 Å². The monoisotopic (exact) mass is 149 g/mol. The van der Waals surface area contributed by atoms with E-state index in [9.17, 15) is 0 Å². The van der Waals surface area contributed by atoms with Gasteiger partial charge in [0.25, 0.3) is 0 Å². The van der Waals surface area contributed by atoms with Crippen LogP contribution in [0.1, 0.15) is 30.3 Å². The summed E-state index contributed by atoms with van der Waals surface area (Å²) in [5.74, 6) is 0. The van der Waals surface area contributed by atoms with Crippen molar-refractivity contribution in [2.24, 2.45) is 0 Å². The third-order valence-corrected chi connectivity index (χ3v) is 1.68. The van der Waals surface area contributed by atoms with E-state index in [-0.39, 0.29) is 0 Å². The highest BCUT2D eigenvalue weighted by atomic mass is 14.7. The molecule has 11 heavy (non-hydrogen) atoms. The van der Waals surface area contributed by atoms with Crippen molar-refractivity contribution in [1.29, 1.82) is 0 Å². The first-order valence-electron chi connectivity index (χ1n) is 4.16. The Hall–Kier alpha value is -0.850. The van der Waals surface area contributed by atoms with Crippen molar-refractivity contribution in [3.05, 3.63) is 29.1 Å². The lowest BCUT2D eigenvalue weighted by molar-refractivity contribution is 0.909. The van der Waals surface area contributed by atoms with Gasteiger partial charge in [-0.3, -0.25) is 4.98 Å². The predicted molar refractivity (Wildman–Crippen MR) is 47.7 cm³/mol. The summed E-state index contributed by atoms with van der Waals surface area (Å²) in [7, 11) is 0. The molecule has 1 nitrogen and oxygen atoms in total. The highest BCUT2D eigenvalue weighted by molar-refractivity contribution is 5.20. The summed E-state index contributed by atoms with van der Waals surface area (Å²) < 4.78 is 0. The Morgan fingerprint density at radius 2 is 1.73 bits per heavy atom. The number of rotatable bonds is 2. The fourth-order valence-corrected chi connectivity index (χ4v) is 1.35. The molecule has 60 valence electrons. The summed E-state index contributed by atoms with van der Waals surface area (Å²) in [5.41, 5.74) is 3.68. The molecule has 0 aliphatic rings. The standard InChI is InChI=1S/C10H15N/c1-4-5-10-6-8(2)11-9(3)7-10/h6-7H,4-5H2,1-3H3. The largest absolute Gasteiger partial charge is 0.258 e. The summed E-state index contributed by atoms with van der Waals surface area (Å²) in [6.45, 7) is 6.30. The van der Waals surface area contributed by atoms with Crippen molar-refractivity contribution in [3.8, 4) is 0 Å². The molecule has 0 bridgehead atoms. The number of pyridine rings is 1. The van der Waals surface area contributed by atoms with Crippen LogP contribution in [0, 0.1) is 13.8 Å². The van der Waals surface area contributed by atoms with Gasteiger partial charge in [0.15, 0.2) is 0 Å². The van der Waals surface area contributed by atoms with E-state index >= 15 is 0 Å². The predicted octanol–water partition coefficient (Wildman–Crippen LogP) is 2.65. The zero-order valence-corrected chi connectivity index (χ0v) is 7.52. The zero-order chi connectivity index (χ0) is 8.27. The van der Waals surface area contributed by atoms with Gasteiger partial charge in [0, 0.05) is 11.4 Å². The number of aryl methyl sites for hydroxylation is 3. The first-order chi connectivity index (χ1) is 5.22. The summed E-state index contributed by atoms with van der Waals surface area (Å²) >= 11 is 0. The molecule has 0 aliphatic heterocycles. The Bertz CT molecular complexity index is 220. The molecular formula is C10H15N. The molecule has 0 saturated carbocycles. The van der Waals surface area contributed by atoms with E-state index < -0.39 is 0 Å². The topological polar surface area (TPSA) is 12.9 Å². The van der Waals surface area contributed by atoms with E-state index in [4.69, 9.17) is 0 Å². The molecule has 0 aliphatic carbocycles. The van der Waals surface area contributed by atoms with Gasteiger partial charge in [0.1, 0.15) is 0 Å². The second-order valence-electron chi connectivity index (χ2n) is 3.01. The van der Waals surface area contributed by atoms with Gasteiger partial charge in [-0.2, -0.15) is 0 Å². The Balaban J connectivity index is 2.89. The van der Waals surface area contributed by atoms with Crippen LogP contribution < -0.4 is 0 Å². The molecule has 0 saturated heterocycles. The lowest BCUT2D eigenvalue weighted by atomic mass is 10.1. The molecule has 0 fully saturated rings. The fraction of sp³-hybridized carbons (Fsp3) is 0.500. The van der Waals surface area contributed by atoms with Crippen LogP contribution in [-0.2, 0) is 6.42 Å². The van der Waals surface area contributed by atoms with Crippen LogP contribution in [0.5, 0.6) is 0 Å². The van der Waals surface area contributed by atoms with E-state index in [1.165, 1.54) is 18.4 Å².